The zero-order valence-corrected chi connectivity index (χ0v) is 13.0. The second-order valence-corrected chi connectivity index (χ2v) is 5.83. The number of hydrazine groups is 1. The fourth-order valence-electron chi connectivity index (χ4n) is 2.88. The molecule has 0 saturated carbocycles. The Morgan fingerprint density at radius 3 is 2.87 bits per heavy atom. The van der Waals surface area contributed by atoms with Gasteiger partial charge in [0.25, 0.3) is 0 Å². The third-order valence-electron chi connectivity index (χ3n) is 4.13. The van der Waals surface area contributed by atoms with E-state index in [9.17, 15) is 9.18 Å². The summed E-state index contributed by atoms with van der Waals surface area (Å²) in [6.45, 7) is 2.77. The maximum atomic E-state index is 13.6. The van der Waals surface area contributed by atoms with Crippen LogP contribution in [0.3, 0.4) is 0 Å². The molecule has 1 amide bonds. The molecule has 1 aliphatic heterocycles. The molecule has 2 aromatic carbocycles. The summed E-state index contributed by atoms with van der Waals surface area (Å²) in [5, 5.41) is 2.84. The first-order valence-corrected chi connectivity index (χ1v) is 7.71. The summed E-state index contributed by atoms with van der Waals surface area (Å²) in [7, 11) is 0. The van der Waals surface area contributed by atoms with Gasteiger partial charge in [0.05, 0.1) is 12.0 Å². The second kappa shape index (κ2) is 6.89. The van der Waals surface area contributed by atoms with E-state index in [0.29, 0.717) is 12.1 Å². The van der Waals surface area contributed by atoms with Crippen LogP contribution < -0.4 is 16.2 Å². The first-order chi connectivity index (χ1) is 11.1. The molecule has 1 saturated heterocycles. The molecule has 0 radical (unpaired) electrons. The third-order valence-corrected chi connectivity index (χ3v) is 4.13. The van der Waals surface area contributed by atoms with Crippen molar-refractivity contribution >= 4 is 5.91 Å². The van der Waals surface area contributed by atoms with Crippen LogP contribution in [0.2, 0.25) is 0 Å². The molecule has 2 aromatic rings. The van der Waals surface area contributed by atoms with Crippen LogP contribution in [0, 0.1) is 18.7 Å². The highest BCUT2D eigenvalue weighted by Crippen LogP contribution is 2.25. The van der Waals surface area contributed by atoms with E-state index in [-0.39, 0.29) is 30.2 Å². The number of amides is 1. The van der Waals surface area contributed by atoms with E-state index in [1.54, 1.807) is 18.2 Å². The summed E-state index contributed by atoms with van der Waals surface area (Å²) in [4.78, 5) is 12.5. The first-order valence-electron chi connectivity index (χ1n) is 7.71. The van der Waals surface area contributed by atoms with Gasteiger partial charge in [0.1, 0.15) is 5.82 Å². The molecule has 2 atom stereocenters. The van der Waals surface area contributed by atoms with Crippen LogP contribution in [0.1, 0.15) is 22.7 Å². The van der Waals surface area contributed by atoms with Crippen molar-refractivity contribution in [1.82, 2.24) is 16.2 Å². The Morgan fingerprint density at radius 2 is 2.09 bits per heavy atom. The number of rotatable bonds is 4. The predicted molar refractivity (Wildman–Crippen MR) is 86.8 cm³/mol. The first kappa shape index (κ1) is 15.6. The van der Waals surface area contributed by atoms with Gasteiger partial charge in [-0.05, 0) is 18.6 Å². The maximum Gasteiger partial charge on any atom is 0.226 e. The predicted octanol–water partition coefficient (Wildman–Crippen LogP) is 2.22. The minimum absolute atomic E-state index is 0.0859. The summed E-state index contributed by atoms with van der Waals surface area (Å²) in [6.07, 6.45) is 0. The van der Waals surface area contributed by atoms with E-state index in [1.165, 1.54) is 6.07 Å². The molecule has 120 valence electrons. The molecular weight excluding hydrogens is 293 g/mol. The van der Waals surface area contributed by atoms with Gasteiger partial charge >= 0.3 is 0 Å². The van der Waals surface area contributed by atoms with Crippen LogP contribution in [0.15, 0.2) is 48.5 Å². The minimum atomic E-state index is -0.300. The molecule has 3 rings (SSSR count). The van der Waals surface area contributed by atoms with Crippen LogP contribution in [-0.2, 0) is 11.3 Å². The Bertz CT molecular complexity index is 704. The average molecular weight is 313 g/mol. The Balaban J connectivity index is 1.68. The van der Waals surface area contributed by atoms with Crippen molar-refractivity contribution in [2.75, 3.05) is 6.54 Å². The van der Waals surface area contributed by atoms with Gasteiger partial charge in [0.15, 0.2) is 0 Å². The Kier molecular flexibility index (Phi) is 4.69. The van der Waals surface area contributed by atoms with Crippen molar-refractivity contribution in [2.45, 2.75) is 19.5 Å². The Hall–Kier alpha value is -2.24. The normalized spacial score (nSPS) is 20.4. The molecule has 0 aliphatic carbocycles. The molecular formula is C18H20FN3O. The highest BCUT2D eigenvalue weighted by Gasteiger charge is 2.33. The largest absolute Gasteiger partial charge is 0.352 e. The number of carbonyl (C=O) groups excluding carboxylic acids is 1. The van der Waals surface area contributed by atoms with E-state index in [1.807, 2.05) is 25.1 Å². The van der Waals surface area contributed by atoms with Gasteiger partial charge in [-0.15, -0.1) is 0 Å². The second-order valence-electron chi connectivity index (χ2n) is 5.83. The number of nitrogens with one attached hydrogen (secondary N) is 3. The van der Waals surface area contributed by atoms with E-state index >= 15 is 0 Å². The van der Waals surface area contributed by atoms with Crippen LogP contribution in [-0.4, -0.2) is 12.5 Å². The lowest BCUT2D eigenvalue weighted by atomic mass is 9.93. The van der Waals surface area contributed by atoms with Crippen LogP contribution >= 0.6 is 0 Å². The Morgan fingerprint density at radius 1 is 1.26 bits per heavy atom. The van der Waals surface area contributed by atoms with E-state index in [4.69, 9.17) is 0 Å². The van der Waals surface area contributed by atoms with Gasteiger partial charge in [0.2, 0.25) is 5.91 Å². The SMILES string of the molecule is Cc1cccc(C2NNCC2C(=O)NCc2ccccc2F)c1. The van der Waals surface area contributed by atoms with E-state index in [0.717, 1.165) is 11.1 Å². The van der Waals surface area contributed by atoms with Gasteiger partial charge in [-0.1, -0.05) is 48.0 Å². The summed E-state index contributed by atoms with van der Waals surface area (Å²) >= 11 is 0. The smallest absolute Gasteiger partial charge is 0.226 e. The molecule has 0 spiro atoms. The van der Waals surface area contributed by atoms with Crippen molar-refractivity contribution < 1.29 is 9.18 Å². The van der Waals surface area contributed by atoms with Crippen molar-refractivity contribution in [3.05, 3.63) is 71.0 Å². The summed E-state index contributed by atoms with van der Waals surface area (Å²) < 4.78 is 13.6. The number of halogens is 1. The number of hydrogen-bond acceptors (Lipinski definition) is 3. The van der Waals surface area contributed by atoms with Gasteiger partial charge in [-0.3, -0.25) is 10.2 Å². The highest BCUT2D eigenvalue weighted by atomic mass is 19.1. The molecule has 2 unspecified atom stereocenters. The summed E-state index contributed by atoms with van der Waals surface area (Å²) in [6, 6.07) is 14.5. The topological polar surface area (TPSA) is 53.2 Å². The van der Waals surface area contributed by atoms with Crippen molar-refractivity contribution in [2.24, 2.45) is 5.92 Å². The minimum Gasteiger partial charge on any atom is -0.352 e. The molecule has 0 aromatic heterocycles. The maximum absolute atomic E-state index is 13.6. The monoisotopic (exact) mass is 313 g/mol. The van der Waals surface area contributed by atoms with Gasteiger partial charge in [-0.2, -0.15) is 0 Å². The Labute approximate surface area is 135 Å². The zero-order valence-electron chi connectivity index (χ0n) is 13.0. The van der Waals surface area contributed by atoms with Gasteiger partial charge < -0.3 is 5.32 Å². The van der Waals surface area contributed by atoms with Crippen molar-refractivity contribution in [3.63, 3.8) is 0 Å². The van der Waals surface area contributed by atoms with Crippen molar-refractivity contribution in [1.29, 1.82) is 0 Å². The van der Waals surface area contributed by atoms with Crippen LogP contribution in [0.4, 0.5) is 4.39 Å². The summed E-state index contributed by atoms with van der Waals surface area (Å²) in [5.41, 5.74) is 8.92. The molecule has 4 nitrogen and oxygen atoms in total. The number of aryl methyl sites for hydroxylation is 1. The van der Waals surface area contributed by atoms with Crippen molar-refractivity contribution in [3.8, 4) is 0 Å². The number of carbonyl (C=O) groups is 1. The van der Waals surface area contributed by atoms with Gasteiger partial charge in [-0.25, -0.2) is 9.82 Å². The molecule has 3 N–H and O–H groups in total. The lowest BCUT2D eigenvalue weighted by molar-refractivity contribution is -0.125. The lowest BCUT2D eigenvalue weighted by Crippen LogP contribution is -2.34. The average Bonchev–Trinajstić information content (AvgIpc) is 3.03. The lowest BCUT2D eigenvalue weighted by Gasteiger charge is -2.19. The van der Waals surface area contributed by atoms with Crippen LogP contribution in [0.25, 0.3) is 0 Å². The molecule has 23 heavy (non-hydrogen) atoms. The van der Waals surface area contributed by atoms with Gasteiger partial charge in [0, 0.05) is 18.7 Å². The quantitative estimate of drug-likeness (QED) is 0.811. The van der Waals surface area contributed by atoms with Crippen LogP contribution in [0.5, 0.6) is 0 Å². The van der Waals surface area contributed by atoms with E-state index < -0.39 is 0 Å². The molecule has 1 aliphatic rings. The molecule has 1 heterocycles. The third kappa shape index (κ3) is 3.57. The molecule has 5 heteroatoms. The fourth-order valence-corrected chi connectivity index (χ4v) is 2.88. The zero-order chi connectivity index (χ0) is 16.2. The molecule has 1 fully saturated rings. The molecule has 0 bridgehead atoms. The standard InChI is InChI=1S/C18H20FN3O/c1-12-5-4-7-13(9-12)17-15(11-21-22-17)18(23)20-10-14-6-2-3-8-16(14)19/h2-9,15,17,21-22H,10-11H2,1H3,(H,20,23). The fraction of sp³-hybridized carbons (Fsp3) is 0.278. The number of benzene rings is 2. The number of hydrogen-bond donors (Lipinski definition) is 3. The van der Waals surface area contributed by atoms with E-state index in [2.05, 4.69) is 22.2 Å². The summed E-state index contributed by atoms with van der Waals surface area (Å²) in [5.74, 6) is -0.619. The highest BCUT2D eigenvalue weighted by molar-refractivity contribution is 5.80.